The second-order valence-corrected chi connectivity index (χ2v) is 9.22. The van der Waals surface area contributed by atoms with Crippen LogP contribution in [0.3, 0.4) is 0 Å². The number of hydrogen-bond acceptors (Lipinski definition) is 4. The lowest BCUT2D eigenvalue weighted by Crippen LogP contribution is -2.44. The first-order valence-electron chi connectivity index (χ1n) is 10.2. The molecule has 0 saturated carbocycles. The van der Waals surface area contributed by atoms with Gasteiger partial charge in [0.15, 0.2) is 0 Å². The molecule has 7 nitrogen and oxygen atoms in total. The van der Waals surface area contributed by atoms with Crippen LogP contribution in [-0.2, 0) is 32.5 Å². The maximum atomic E-state index is 13.1. The minimum atomic E-state index is -3.91. The molecule has 1 saturated heterocycles. The third-order valence-corrected chi connectivity index (χ3v) is 6.43. The largest absolute Gasteiger partial charge is 0.342 e. The molecule has 1 heterocycles. The van der Waals surface area contributed by atoms with Gasteiger partial charge in [-0.3, -0.25) is 9.59 Å². The number of nitrogens with one attached hydrogen (secondary N) is 1. The number of aryl methyl sites for hydroxylation is 1. The number of piperidine rings is 1. The Bertz CT molecular complexity index is 1070. The Balaban J connectivity index is 1.65. The summed E-state index contributed by atoms with van der Waals surface area (Å²) in [6.07, 6.45) is 1.95. The number of nitrogens with zero attached hydrogens (tertiary/aromatic N) is 1. The van der Waals surface area contributed by atoms with E-state index in [1.807, 2.05) is 6.92 Å². The molecule has 166 valence electrons. The van der Waals surface area contributed by atoms with Crippen LogP contribution < -0.4 is 10.5 Å². The van der Waals surface area contributed by atoms with Gasteiger partial charge < -0.3 is 10.2 Å². The van der Waals surface area contributed by atoms with Crippen LogP contribution in [0, 0.1) is 11.7 Å². The first kappa shape index (κ1) is 22.9. The van der Waals surface area contributed by atoms with Gasteiger partial charge in [0.25, 0.3) is 0 Å². The summed E-state index contributed by atoms with van der Waals surface area (Å²) in [6, 6.07) is 10.4. The van der Waals surface area contributed by atoms with E-state index >= 15 is 0 Å². The number of hydrogen-bond donors (Lipinski definition) is 2. The van der Waals surface area contributed by atoms with E-state index in [1.165, 1.54) is 18.2 Å². The summed E-state index contributed by atoms with van der Waals surface area (Å²) in [6.45, 7) is 2.66. The number of primary sulfonamides is 1. The molecule has 2 aromatic carbocycles. The molecule has 1 aliphatic rings. The molecule has 1 atom stereocenters. The van der Waals surface area contributed by atoms with Gasteiger partial charge in [0.1, 0.15) is 5.82 Å². The molecular formula is C22H26FN3O4S. The number of amides is 2. The number of nitrogens with two attached hydrogens (primary N) is 1. The van der Waals surface area contributed by atoms with Gasteiger partial charge in [-0.2, -0.15) is 0 Å². The molecule has 3 rings (SSSR count). The molecule has 1 aliphatic heterocycles. The number of rotatable bonds is 6. The van der Waals surface area contributed by atoms with Crippen molar-refractivity contribution >= 4 is 27.5 Å². The van der Waals surface area contributed by atoms with Crippen molar-refractivity contribution in [1.29, 1.82) is 0 Å². The van der Waals surface area contributed by atoms with E-state index in [-0.39, 0.29) is 35.5 Å². The Morgan fingerprint density at radius 2 is 1.90 bits per heavy atom. The maximum absolute atomic E-state index is 13.1. The fraction of sp³-hybridized carbons (Fsp3) is 0.364. The second-order valence-electron chi connectivity index (χ2n) is 7.69. The number of carbonyl (C=O) groups is 2. The summed E-state index contributed by atoms with van der Waals surface area (Å²) >= 11 is 0. The van der Waals surface area contributed by atoms with Crippen molar-refractivity contribution in [3.05, 3.63) is 59.4 Å². The van der Waals surface area contributed by atoms with Gasteiger partial charge in [-0.25, -0.2) is 17.9 Å². The van der Waals surface area contributed by atoms with Gasteiger partial charge in [-0.1, -0.05) is 25.1 Å². The monoisotopic (exact) mass is 447 g/mol. The van der Waals surface area contributed by atoms with E-state index in [0.29, 0.717) is 42.6 Å². The Kier molecular flexibility index (Phi) is 7.07. The summed E-state index contributed by atoms with van der Waals surface area (Å²) < 4.78 is 36.7. The zero-order valence-corrected chi connectivity index (χ0v) is 18.1. The van der Waals surface area contributed by atoms with Crippen LogP contribution in [0.15, 0.2) is 47.4 Å². The van der Waals surface area contributed by atoms with E-state index in [4.69, 9.17) is 5.14 Å². The van der Waals surface area contributed by atoms with Crippen LogP contribution in [0.5, 0.6) is 0 Å². The Labute approximate surface area is 181 Å². The lowest BCUT2D eigenvalue weighted by atomic mass is 9.96. The third-order valence-electron chi connectivity index (χ3n) is 5.44. The molecule has 0 aromatic heterocycles. The van der Waals surface area contributed by atoms with E-state index in [1.54, 1.807) is 29.2 Å². The van der Waals surface area contributed by atoms with Crippen LogP contribution in [-0.4, -0.2) is 38.2 Å². The highest BCUT2D eigenvalue weighted by atomic mass is 32.2. The van der Waals surface area contributed by atoms with Crippen molar-refractivity contribution in [2.75, 3.05) is 18.4 Å². The average Bonchev–Trinajstić information content (AvgIpc) is 2.74. The molecule has 3 N–H and O–H groups in total. The van der Waals surface area contributed by atoms with Crippen molar-refractivity contribution in [3.8, 4) is 0 Å². The number of benzene rings is 2. The molecule has 0 spiro atoms. The number of halogens is 1. The second kappa shape index (κ2) is 9.57. The predicted molar refractivity (Wildman–Crippen MR) is 115 cm³/mol. The molecule has 0 bridgehead atoms. The Hall–Kier alpha value is -2.78. The molecule has 1 fully saturated rings. The van der Waals surface area contributed by atoms with Crippen molar-refractivity contribution in [2.45, 2.75) is 37.5 Å². The SMILES string of the molecule is CCc1ccc(NC(=O)C2CCCN(C(=O)Cc3ccc(F)cc3)C2)cc1S(N)(=O)=O. The summed E-state index contributed by atoms with van der Waals surface area (Å²) in [5, 5.41) is 8.05. The minimum Gasteiger partial charge on any atom is -0.342 e. The first-order chi connectivity index (χ1) is 14.7. The average molecular weight is 448 g/mol. The standard InChI is InChI=1S/C22H26FN3O4S/c1-2-16-7-10-19(13-20(16)31(24,29)30)25-22(28)17-4-3-11-26(14-17)21(27)12-15-5-8-18(23)9-6-15/h5-10,13,17H,2-4,11-12,14H2,1H3,(H,25,28)(H2,24,29,30). The van der Waals surface area contributed by atoms with E-state index in [9.17, 15) is 22.4 Å². The molecular weight excluding hydrogens is 421 g/mol. The molecule has 2 amide bonds. The predicted octanol–water partition coefficient (Wildman–Crippen LogP) is 2.46. The van der Waals surface area contributed by atoms with E-state index in [0.717, 1.165) is 0 Å². The van der Waals surface area contributed by atoms with Gasteiger partial charge in [-0.05, 0) is 54.7 Å². The highest BCUT2D eigenvalue weighted by molar-refractivity contribution is 7.89. The maximum Gasteiger partial charge on any atom is 0.238 e. The molecule has 1 unspecified atom stereocenters. The normalized spacial score (nSPS) is 16.7. The smallest absolute Gasteiger partial charge is 0.238 e. The number of sulfonamides is 1. The van der Waals surface area contributed by atoms with E-state index < -0.39 is 15.9 Å². The molecule has 2 aromatic rings. The van der Waals surface area contributed by atoms with Gasteiger partial charge in [0.05, 0.1) is 17.2 Å². The van der Waals surface area contributed by atoms with Crippen molar-refractivity contribution < 1.29 is 22.4 Å². The topological polar surface area (TPSA) is 110 Å². The quantitative estimate of drug-likeness (QED) is 0.709. The fourth-order valence-electron chi connectivity index (χ4n) is 3.74. The van der Waals surface area contributed by atoms with Crippen LogP contribution >= 0.6 is 0 Å². The third kappa shape index (κ3) is 5.89. The molecule has 9 heteroatoms. The number of likely N-dealkylation sites (tertiary alicyclic amines) is 1. The lowest BCUT2D eigenvalue weighted by Gasteiger charge is -2.32. The summed E-state index contributed by atoms with van der Waals surface area (Å²) in [4.78, 5) is 27.0. The van der Waals surface area contributed by atoms with Gasteiger partial charge in [0, 0.05) is 18.8 Å². The van der Waals surface area contributed by atoms with Crippen LogP contribution in [0.2, 0.25) is 0 Å². The zero-order valence-electron chi connectivity index (χ0n) is 17.3. The van der Waals surface area contributed by atoms with Crippen LogP contribution in [0.25, 0.3) is 0 Å². The lowest BCUT2D eigenvalue weighted by molar-refractivity contribution is -0.133. The van der Waals surface area contributed by atoms with Crippen molar-refractivity contribution in [3.63, 3.8) is 0 Å². The number of carbonyl (C=O) groups excluding carboxylic acids is 2. The molecule has 0 radical (unpaired) electrons. The molecule has 0 aliphatic carbocycles. The minimum absolute atomic E-state index is 0.00690. The summed E-state index contributed by atoms with van der Waals surface area (Å²) in [5.41, 5.74) is 1.64. The van der Waals surface area contributed by atoms with Crippen molar-refractivity contribution in [1.82, 2.24) is 4.90 Å². The van der Waals surface area contributed by atoms with Gasteiger partial charge in [-0.15, -0.1) is 0 Å². The van der Waals surface area contributed by atoms with Crippen LogP contribution in [0.4, 0.5) is 10.1 Å². The summed E-state index contributed by atoms with van der Waals surface area (Å²) in [7, 11) is -3.91. The fourth-order valence-corrected chi connectivity index (χ4v) is 4.61. The van der Waals surface area contributed by atoms with Crippen molar-refractivity contribution in [2.24, 2.45) is 11.1 Å². The first-order valence-corrected chi connectivity index (χ1v) is 11.7. The van der Waals surface area contributed by atoms with Gasteiger partial charge >= 0.3 is 0 Å². The molecule has 31 heavy (non-hydrogen) atoms. The highest BCUT2D eigenvalue weighted by Crippen LogP contribution is 2.23. The van der Waals surface area contributed by atoms with E-state index in [2.05, 4.69) is 5.32 Å². The Morgan fingerprint density at radius 1 is 1.19 bits per heavy atom. The van der Waals surface area contributed by atoms with Gasteiger partial charge in [0.2, 0.25) is 21.8 Å². The van der Waals surface area contributed by atoms with Crippen LogP contribution in [0.1, 0.15) is 30.9 Å². The number of anilines is 1. The zero-order chi connectivity index (χ0) is 22.6. The highest BCUT2D eigenvalue weighted by Gasteiger charge is 2.28. The summed E-state index contributed by atoms with van der Waals surface area (Å²) in [5.74, 6) is -1.16. The Morgan fingerprint density at radius 3 is 2.55 bits per heavy atom.